The Morgan fingerprint density at radius 1 is 1.35 bits per heavy atom. The van der Waals surface area contributed by atoms with E-state index in [1.165, 1.54) is 13.3 Å². The van der Waals surface area contributed by atoms with Gasteiger partial charge in [0.25, 0.3) is 0 Å². The summed E-state index contributed by atoms with van der Waals surface area (Å²) >= 11 is 0. The number of ether oxygens (including phenoxy) is 1. The average molecular weight is 344 g/mol. The molecular formula is C13H14F2N4O3S. The van der Waals surface area contributed by atoms with E-state index in [9.17, 15) is 17.2 Å². The van der Waals surface area contributed by atoms with Crippen LogP contribution in [-0.4, -0.2) is 54.4 Å². The van der Waals surface area contributed by atoms with Crippen LogP contribution < -0.4 is 0 Å². The Morgan fingerprint density at radius 2 is 2.13 bits per heavy atom. The van der Waals surface area contributed by atoms with E-state index < -0.39 is 32.7 Å². The first kappa shape index (κ1) is 16.0. The second kappa shape index (κ2) is 5.95. The standard InChI is InChI=1S/C13H14F2N4O3S/c1-22-11-7-19(6-8(11)10-5-16-18-17-10)23(20,21)12-4-2-3-9(14)13(12)15/h2-5,8,11H,6-7H2,1H3,(H,16,17,18)/t8-,11+/m0/s1. The molecule has 1 fully saturated rings. The first-order valence-electron chi connectivity index (χ1n) is 6.77. The van der Waals surface area contributed by atoms with Crippen LogP contribution in [0.2, 0.25) is 0 Å². The van der Waals surface area contributed by atoms with Crippen LogP contribution in [-0.2, 0) is 14.8 Å². The summed E-state index contributed by atoms with van der Waals surface area (Å²) in [4.78, 5) is -0.687. The summed E-state index contributed by atoms with van der Waals surface area (Å²) in [6, 6.07) is 3.07. The monoisotopic (exact) mass is 344 g/mol. The van der Waals surface area contributed by atoms with Crippen molar-refractivity contribution in [3.63, 3.8) is 0 Å². The summed E-state index contributed by atoms with van der Waals surface area (Å²) in [5.74, 6) is -2.93. The van der Waals surface area contributed by atoms with Crippen LogP contribution in [0.1, 0.15) is 11.6 Å². The maximum atomic E-state index is 13.9. The van der Waals surface area contributed by atoms with E-state index in [0.29, 0.717) is 5.69 Å². The van der Waals surface area contributed by atoms with Crippen molar-refractivity contribution in [3.8, 4) is 0 Å². The molecule has 0 bridgehead atoms. The van der Waals surface area contributed by atoms with Crippen molar-refractivity contribution in [2.75, 3.05) is 20.2 Å². The van der Waals surface area contributed by atoms with Crippen LogP contribution >= 0.6 is 0 Å². The number of rotatable bonds is 4. The van der Waals surface area contributed by atoms with Gasteiger partial charge in [0.15, 0.2) is 11.6 Å². The van der Waals surface area contributed by atoms with E-state index in [-0.39, 0.29) is 19.0 Å². The van der Waals surface area contributed by atoms with Gasteiger partial charge in [-0.15, -0.1) is 0 Å². The van der Waals surface area contributed by atoms with Crippen molar-refractivity contribution in [2.45, 2.75) is 16.9 Å². The summed E-state index contributed by atoms with van der Waals surface area (Å²) in [5.41, 5.74) is 0.550. The lowest BCUT2D eigenvalue weighted by atomic mass is 10.0. The summed E-state index contributed by atoms with van der Waals surface area (Å²) in [6.45, 7) is 0.0651. The smallest absolute Gasteiger partial charge is 0.246 e. The number of aromatic nitrogens is 3. The van der Waals surface area contributed by atoms with Gasteiger partial charge in [0.1, 0.15) is 4.90 Å². The van der Waals surface area contributed by atoms with Crippen LogP contribution in [0, 0.1) is 11.6 Å². The Kier molecular flexibility index (Phi) is 4.13. The minimum Gasteiger partial charge on any atom is -0.379 e. The highest BCUT2D eigenvalue weighted by Crippen LogP contribution is 2.32. The molecule has 1 aliphatic heterocycles. The lowest BCUT2D eigenvalue weighted by Gasteiger charge is -2.16. The van der Waals surface area contributed by atoms with Gasteiger partial charge < -0.3 is 4.74 Å². The lowest BCUT2D eigenvalue weighted by Crippen LogP contribution is -2.30. The predicted octanol–water partition coefficient (Wildman–Crippen LogP) is 0.886. The van der Waals surface area contributed by atoms with E-state index in [1.54, 1.807) is 0 Å². The molecule has 2 aromatic rings. The highest BCUT2D eigenvalue weighted by atomic mass is 32.2. The molecular weight excluding hydrogens is 330 g/mol. The van der Waals surface area contributed by atoms with Crippen LogP contribution in [0.25, 0.3) is 0 Å². The number of nitrogens with one attached hydrogen (secondary N) is 1. The topological polar surface area (TPSA) is 88.2 Å². The van der Waals surface area contributed by atoms with Gasteiger partial charge in [-0.25, -0.2) is 17.2 Å². The molecule has 0 amide bonds. The first-order valence-corrected chi connectivity index (χ1v) is 8.21. The van der Waals surface area contributed by atoms with Crippen molar-refractivity contribution in [1.82, 2.24) is 19.7 Å². The average Bonchev–Trinajstić information content (AvgIpc) is 3.18. The Bertz CT molecular complexity index is 798. The van der Waals surface area contributed by atoms with E-state index >= 15 is 0 Å². The molecule has 1 aliphatic rings. The molecule has 124 valence electrons. The minimum atomic E-state index is -4.18. The van der Waals surface area contributed by atoms with Crippen molar-refractivity contribution in [3.05, 3.63) is 41.7 Å². The number of hydrogen-bond donors (Lipinski definition) is 1. The maximum absolute atomic E-state index is 13.9. The van der Waals surface area contributed by atoms with E-state index in [1.807, 2.05) is 0 Å². The zero-order valence-electron chi connectivity index (χ0n) is 12.1. The summed E-state index contributed by atoms with van der Waals surface area (Å²) < 4.78 is 58.8. The Labute approximate surface area is 131 Å². The molecule has 3 rings (SSSR count). The van der Waals surface area contributed by atoms with Crippen molar-refractivity contribution < 1.29 is 21.9 Å². The van der Waals surface area contributed by atoms with Gasteiger partial charge in [0.2, 0.25) is 10.0 Å². The molecule has 2 atom stereocenters. The van der Waals surface area contributed by atoms with Gasteiger partial charge in [-0.1, -0.05) is 6.07 Å². The lowest BCUT2D eigenvalue weighted by molar-refractivity contribution is 0.101. The fourth-order valence-corrected chi connectivity index (χ4v) is 4.22. The van der Waals surface area contributed by atoms with Gasteiger partial charge in [-0.2, -0.15) is 19.7 Å². The number of nitrogens with zero attached hydrogens (tertiary/aromatic N) is 3. The first-order chi connectivity index (χ1) is 10.9. The second-order valence-corrected chi connectivity index (χ2v) is 7.06. The largest absolute Gasteiger partial charge is 0.379 e. The number of benzene rings is 1. The van der Waals surface area contributed by atoms with Gasteiger partial charge in [0.05, 0.1) is 18.0 Å². The van der Waals surface area contributed by atoms with Crippen LogP contribution in [0.4, 0.5) is 8.78 Å². The van der Waals surface area contributed by atoms with Gasteiger partial charge in [0, 0.05) is 26.1 Å². The van der Waals surface area contributed by atoms with Crippen molar-refractivity contribution in [2.24, 2.45) is 0 Å². The third-order valence-electron chi connectivity index (χ3n) is 3.88. The molecule has 0 radical (unpaired) electrons. The fraction of sp³-hybridized carbons (Fsp3) is 0.385. The summed E-state index contributed by atoms with van der Waals surface area (Å²) in [6.07, 6.45) is 1.03. The van der Waals surface area contributed by atoms with Crippen molar-refractivity contribution >= 4 is 10.0 Å². The molecule has 0 saturated carbocycles. The number of methoxy groups -OCH3 is 1. The second-order valence-electron chi connectivity index (χ2n) is 5.15. The van der Waals surface area contributed by atoms with Gasteiger partial charge in [-0.3, -0.25) is 0 Å². The quantitative estimate of drug-likeness (QED) is 0.890. The molecule has 1 aromatic carbocycles. The maximum Gasteiger partial charge on any atom is 0.246 e. The Balaban J connectivity index is 1.94. The van der Waals surface area contributed by atoms with E-state index in [0.717, 1.165) is 22.5 Å². The molecule has 1 aromatic heterocycles. The molecule has 0 spiro atoms. The SMILES string of the molecule is CO[C@@H]1CN(S(=O)(=O)c2cccc(F)c2F)C[C@H]1c1cn[nH]n1. The molecule has 0 unspecified atom stereocenters. The Hall–Kier alpha value is -1.91. The van der Waals surface area contributed by atoms with Crippen LogP contribution in [0.15, 0.2) is 29.3 Å². The highest BCUT2D eigenvalue weighted by molar-refractivity contribution is 7.89. The molecule has 1 saturated heterocycles. The predicted molar refractivity (Wildman–Crippen MR) is 75.0 cm³/mol. The third kappa shape index (κ3) is 2.73. The molecule has 10 heteroatoms. The van der Waals surface area contributed by atoms with E-state index in [4.69, 9.17) is 4.74 Å². The molecule has 0 aliphatic carbocycles. The highest BCUT2D eigenvalue weighted by Gasteiger charge is 2.42. The molecule has 2 heterocycles. The molecule has 1 N–H and O–H groups in total. The number of H-pyrrole nitrogens is 1. The third-order valence-corrected chi connectivity index (χ3v) is 5.73. The summed E-state index contributed by atoms with van der Waals surface area (Å²) in [5, 5.41) is 10.1. The fourth-order valence-electron chi connectivity index (χ4n) is 2.67. The molecule has 23 heavy (non-hydrogen) atoms. The van der Waals surface area contributed by atoms with Crippen molar-refractivity contribution in [1.29, 1.82) is 0 Å². The summed E-state index contributed by atoms with van der Waals surface area (Å²) in [7, 11) is -2.72. The number of hydrogen-bond acceptors (Lipinski definition) is 5. The van der Waals surface area contributed by atoms with Gasteiger partial charge in [-0.05, 0) is 12.1 Å². The normalized spacial score (nSPS) is 22.6. The van der Waals surface area contributed by atoms with Crippen LogP contribution in [0.3, 0.4) is 0 Å². The molecule has 7 nitrogen and oxygen atoms in total. The van der Waals surface area contributed by atoms with Crippen LogP contribution in [0.5, 0.6) is 0 Å². The number of aromatic amines is 1. The van der Waals surface area contributed by atoms with E-state index in [2.05, 4.69) is 15.4 Å². The number of sulfonamides is 1. The van der Waals surface area contributed by atoms with Gasteiger partial charge >= 0.3 is 0 Å². The zero-order valence-corrected chi connectivity index (χ0v) is 12.9. The Morgan fingerprint density at radius 3 is 2.78 bits per heavy atom. The zero-order chi connectivity index (χ0) is 16.6. The number of halogens is 2. The minimum absolute atomic E-state index is 0.0202.